The van der Waals surface area contributed by atoms with Gasteiger partial charge in [0, 0.05) is 6.54 Å². The Labute approximate surface area is 131 Å². The third-order valence-electron chi connectivity index (χ3n) is 3.04. The molecule has 0 radical (unpaired) electrons. The highest BCUT2D eigenvalue weighted by Gasteiger charge is 2.22. The summed E-state index contributed by atoms with van der Waals surface area (Å²) in [5, 5.41) is 2.93. The SMILES string of the molecule is NC(N)=NCCC[C@H](NC=O)C(=O)c1nc2ccccc2s1. The lowest BCUT2D eigenvalue weighted by molar-refractivity contribution is -0.110. The molecular weight excluding hydrogens is 302 g/mol. The zero-order valence-electron chi connectivity index (χ0n) is 11.9. The summed E-state index contributed by atoms with van der Waals surface area (Å²) < 4.78 is 0.941. The van der Waals surface area contributed by atoms with Gasteiger partial charge in [-0.05, 0) is 25.0 Å². The fraction of sp³-hybridized carbons (Fsp3) is 0.286. The Kier molecular flexibility index (Phi) is 5.42. The average molecular weight is 319 g/mol. The fourth-order valence-electron chi connectivity index (χ4n) is 2.00. The number of nitrogens with zero attached hydrogens (tertiary/aromatic N) is 2. The Morgan fingerprint density at radius 2 is 2.18 bits per heavy atom. The topological polar surface area (TPSA) is 123 Å². The van der Waals surface area contributed by atoms with E-state index in [1.807, 2.05) is 24.3 Å². The number of ketones is 1. The van der Waals surface area contributed by atoms with Crippen LogP contribution in [0.2, 0.25) is 0 Å². The number of para-hydroxylation sites is 1. The Morgan fingerprint density at radius 3 is 2.86 bits per heavy atom. The van der Waals surface area contributed by atoms with E-state index >= 15 is 0 Å². The zero-order valence-corrected chi connectivity index (χ0v) is 12.7. The lowest BCUT2D eigenvalue weighted by Crippen LogP contribution is -2.36. The van der Waals surface area contributed by atoms with Crippen molar-refractivity contribution in [3.63, 3.8) is 0 Å². The molecule has 7 nitrogen and oxygen atoms in total. The van der Waals surface area contributed by atoms with Crippen molar-refractivity contribution in [1.82, 2.24) is 10.3 Å². The van der Waals surface area contributed by atoms with Crippen molar-refractivity contribution in [2.24, 2.45) is 16.5 Å². The second kappa shape index (κ2) is 7.51. The molecule has 0 fully saturated rings. The van der Waals surface area contributed by atoms with E-state index in [9.17, 15) is 9.59 Å². The Bertz CT molecular complexity index is 660. The van der Waals surface area contributed by atoms with Gasteiger partial charge in [0.05, 0.1) is 16.3 Å². The molecule has 22 heavy (non-hydrogen) atoms. The highest BCUT2D eigenvalue weighted by molar-refractivity contribution is 7.20. The molecule has 0 saturated heterocycles. The molecule has 0 aliphatic carbocycles. The fourth-order valence-corrected chi connectivity index (χ4v) is 2.96. The number of aromatic nitrogens is 1. The predicted octanol–water partition coefficient (Wildman–Crippen LogP) is 0.647. The molecular formula is C14H17N5O2S. The summed E-state index contributed by atoms with van der Waals surface area (Å²) in [5.74, 6) is -0.185. The van der Waals surface area contributed by atoms with Gasteiger partial charge in [-0.1, -0.05) is 12.1 Å². The highest BCUT2D eigenvalue weighted by Crippen LogP contribution is 2.23. The molecule has 2 rings (SSSR count). The van der Waals surface area contributed by atoms with Gasteiger partial charge in [0.25, 0.3) is 0 Å². The Balaban J connectivity index is 2.08. The van der Waals surface area contributed by atoms with Gasteiger partial charge in [-0.25, -0.2) is 4.98 Å². The van der Waals surface area contributed by atoms with Gasteiger partial charge >= 0.3 is 0 Å². The van der Waals surface area contributed by atoms with Gasteiger partial charge in [0.1, 0.15) is 0 Å². The molecule has 0 unspecified atom stereocenters. The summed E-state index contributed by atoms with van der Waals surface area (Å²) in [5.41, 5.74) is 11.3. The van der Waals surface area contributed by atoms with Crippen LogP contribution in [0.15, 0.2) is 29.3 Å². The molecule has 1 aromatic heterocycles. The first-order valence-electron chi connectivity index (χ1n) is 6.76. The van der Waals surface area contributed by atoms with E-state index in [2.05, 4.69) is 15.3 Å². The number of carbonyl (C=O) groups excluding carboxylic acids is 2. The van der Waals surface area contributed by atoms with Crippen LogP contribution >= 0.6 is 11.3 Å². The number of fused-ring (bicyclic) bond motifs is 1. The number of amides is 1. The standard InChI is InChI=1S/C14H17N5O2S/c15-14(16)17-7-3-5-10(18-8-20)12(21)13-19-9-4-1-2-6-11(9)22-13/h1-2,4,6,8,10H,3,5,7H2,(H,18,20)(H4,15,16,17)/t10-/m0/s1. The molecule has 0 aliphatic heterocycles. The van der Waals surface area contributed by atoms with E-state index in [1.165, 1.54) is 11.3 Å². The van der Waals surface area contributed by atoms with Crippen molar-refractivity contribution >= 4 is 39.7 Å². The number of aliphatic imine (C=N–C) groups is 1. The van der Waals surface area contributed by atoms with E-state index in [1.54, 1.807) is 0 Å². The quantitative estimate of drug-likeness (QED) is 0.217. The number of hydrogen-bond donors (Lipinski definition) is 3. The van der Waals surface area contributed by atoms with Crippen LogP contribution in [0.3, 0.4) is 0 Å². The molecule has 8 heteroatoms. The summed E-state index contributed by atoms with van der Waals surface area (Å²) in [6, 6.07) is 6.90. The van der Waals surface area contributed by atoms with Crippen molar-refractivity contribution in [2.45, 2.75) is 18.9 Å². The number of thiazole rings is 1. The molecule has 116 valence electrons. The largest absolute Gasteiger partial charge is 0.370 e. The number of benzene rings is 1. The van der Waals surface area contributed by atoms with Gasteiger partial charge < -0.3 is 16.8 Å². The maximum atomic E-state index is 12.5. The minimum atomic E-state index is -0.618. The first-order valence-corrected chi connectivity index (χ1v) is 7.58. The number of carbonyl (C=O) groups is 2. The molecule has 1 aromatic carbocycles. The Morgan fingerprint density at radius 1 is 1.41 bits per heavy atom. The summed E-state index contributed by atoms with van der Waals surface area (Å²) in [7, 11) is 0. The van der Waals surface area contributed by atoms with E-state index in [0.717, 1.165) is 10.2 Å². The number of hydrogen-bond acceptors (Lipinski definition) is 5. The van der Waals surface area contributed by atoms with Crippen LogP contribution in [0.25, 0.3) is 10.2 Å². The number of rotatable bonds is 8. The number of guanidine groups is 1. The molecule has 1 amide bonds. The summed E-state index contributed by atoms with van der Waals surface area (Å²) in [4.78, 5) is 31.4. The van der Waals surface area contributed by atoms with Crippen molar-refractivity contribution in [3.05, 3.63) is 29.3 Å². The third-order valence-corrected chi connectivity index (χ3v) is 4.09. The van der Waals surface area contributed by atoms with Crippen LogP contribution < -0.4 is 16.8 Å². The summed E-state index contributed by atoms with van der Waals surface area (Å²) in [6.07, 6.45) is 1.56. The average Bonchev–Trinajstić information content (AvgIpc) is 2.93. The minimum Gasteiger partial charge on any atom is -0.370 e. The lowest BCUT2D eigenvalue weighted by Gasteiger charge is -2.12. The van der Waals surface area contributed by atoms with E-state index in [0.29, 0.717) is 30.8 Å². The number of Topliss-reactive ketones (excluding diaryl/α,β-unsaturated/α-hetero) is 1. The van der Waals surface area contributed by atoms with Crippen molar-refractivity contribution < 1.29 is 9.59 Å². The van der Waals surface area contributed by atoms with Gasteiger partial charge in [-0.2, -0.15) is 0 Å². The van der Waals surface area contributed by atoms with Crippen molar-refractivity contribution in [1.29, 1.82) is 0 Å². The molecule has 1 heterocycles. The van der Waals surface area contributed by atoms with Crippen molar-refractivity contribution in [3.8, 4) is 0 Å². The van der Waals surface area contributed by atoms with Crippen LogP contribution in [-0.2, 0) is 4.79 Å². The van der Waals surface area contributed by atoms with Crippen LogP contribution in [-0.4, -0.2) is 35.7 Å². The Hall–Kier alpha value is -2.48. The first-order chi connectivity index (χ1) is 10.6. The van der Waals surface area contributed by atoms with E-state index in [-0.39, 0.29) is 11.7 Å². The second-order valence-corrected chi connectivity index (χ2v) is 5.67. The predicted molar refractivity (Wildman–Crippen MR) is 86.8 cm³/mol. The van der Waals surface area contributed by atoms with Gasteiger partial charge in [0.15, 0.2) is 11.0 Å². The van der Waals surface area contributed by atoms with E-state index in [4.69, 9.17) is 11.5 Å². The maximum Gasteiger partial charge on any atom is 0.213 e. The molecule has 2 aromatic rings. The van der Waals surface area contributed by atoms with Gasteiger partial charge in [-0.3, -0.25) is 14.6 Å². The number of nitrogens with one attached hydrogen (secondary N) is 1. The van der Waals surface area contributed by atoms with Crippen LogP contribution in [0.4, 0.5) is 0 Å². The summed E-state index contributed by atoms with van der Waals surface area (Å²) in [6.45, 7) is 0.409. The van der Waals surface area contributed by atoms with Crippen molar-refractivity contribution in [2.75, 3.05) is 6.54 Å². The highest BCUT2D eigenvalue weighted by atomic mass is 32.1. The normalized spacial score (nSPS) is 11.8. The van der Waals surface area contributed by atoms with Gasteiger partial charge in [-0.15, -0.1) is 11.3 Å². The minimum absolute atomic E-state index is 0.0115. The molecule has 0 spiro atoms. The maximum absolute atomic E-state index is 12.5. The number of nitrogens with two attached hydrogens (primary N) is 2. The monoisotopic (exact) mass is 319 g/mol. The summed E-state index contributed by atoms with van der Waals surface area (Å²) >= 11 is 1.32. The molecule has 0 aliphatic rings. The van der Waals surface area contributed by atoms with Gasteiger partial charge in [0.2, 0.25) is 12.2 Å². The molecule has 5 N–H and O–H groups in total. The molecule has 0 saturated carbocycles. The van der Waals surface area contributed by atoms with E-state index < -0.39 is 6.04 Å². The molecule has 0 bridgehead atoms. The zero-order chi connectivity index (χ0) is 15.9. The van der Waals surface area contributed by atoms with Crippen LogP contribution in [0.1, 0.15) is 22.6 Å². The first kappa shape index (κ1) is 15.9. The van der Waals surface area contributed by atoms with Crippen LogP contribution in [0.5, 0.6) is 0 Å². The second-order valence-electron chi connectivity index (χ2n) is 4.64. The molecule has 1 atom stereocenters. The third kappa shape index (κ3) is 4.01. The van der Waals surface area contributed by atoms with Crippen LogP contribution in [0, 0.1) is 0 Å². The smallest absolute Gasteiger partial charge is 0.213 e. The lowest BCUT2D eigenvalue weighted by atomic mass is 10.1.